The Morgan fingerprint density at radius 2 is 1.52 bits per heavy atom. The van der Waals surface area contributed by atoms with Crippen molar-refractivity contribution in [2.24, 2.45) is 5.92 Å². The highest BCUT2D eigenvalue weighted by molar-refractivity contribution is 7.89. The molecule has 0 spiro atoms. The highest BCUT2D eigenvalue weighted by atomic mass is 32.2. The van der Waals surface area contributed by atoms with Crippen LogP contribution in [0.15, 0.2) is 70.2 Å². The van der Waals surface area contributed by atoms with Crippen LogP contribution >= 0.6 is 0 Å². The number of rotatable bonds is 5. The van der Waals surface area contributed by atoms with Crippen molar-refractivity contribution in [2.45, 2.75) is 36.2 Å². The maximum atomic E-state index is 12.8. The predicted octanol–water partition coefficient (Wildman–Crippen LogP) is 4.09. The Morgan fingerprint density at radius 3 is 2.15 bits per heavy atom. The number of carbonyl (C=O) groups excluding carboxylic acids is 1. The lowest BCUT2D eigenvalue weighted by atomic mass is 9.59. The lowest BCUT2D eigenvalue weighted by Crippen LogP contribution is -2.39. The van der Waals surface area contributed by atoms with E-state index in [1.807, 2.05) is 0 Å². The molecule has 170 valence electrons. The monoisotopic (exact) mass is 462 g/mol. The maximum absolute atomic E-state index is 12.8. The van der Waals surface area contributed by atoms with Crippen LogP contribution in [0.25, 0.3) is 0 Å². The van der Waals surface area contributed by atoms with Gasteiger partial charge in [-0.25, -0.2) is 8.42 Å². The highest BCUT2D eigenvalue weighted by Crippen LogP contribution is 2.55. The Morgan fingerprint density at radius 1 is 0.909 bits per heavy atom. The molecule has 7 rings (SSSR count). The molecule has 1 aliphatic heterocycles. The van der Waals surface area contributed by atoms with Crippen LogP contribution in [0.2, 0.25) is 0 Å². The average molecular weight is 463 g/mol. The molecular weight excluding hydrogens is 436 g/mol. The number of nitrogens with one attached hydrogen (secondary N) is 1. The van der Waals surface area contributed by atoms with Crippen LogP contribution in [-0.4, -0.2) is 38.3 Å². The van der Waals surface area contributed by atoms with Crippen molar-refractivity contribution in [1.29, 1.82) is 0 Å². The van der Waals surface area contributed by atoms with Gasteiger partial charge in [0.05, 0.1) is 0 Å². The predicted molar refractivity (Wildman–Crippen MR) is 124 cm³/mol. The van der Waals surface area contributed by atoms with Gasteiger partial charge in [-0.15, -0.1) is 0 Å². The van der Waals surface area contributed by atoms with Gasteiger partial charge < -0.3 is 9.73 Å². The molecule has 1 amide bonds. The minimum absolute atomic E-state index is 0.0366. The topological polar surface area (TPSA) is 79.6 Å². The fraction of sp³-hybridized carbons (Fsp3) is 0.346. The molecule has 1 unspecified atom stereocenters. The lowest BCUT2D eigenvalue weighted by Gasteiger charge is -2.45. The normalized spacial score (nSPS) is 23.8. The molecule has 0 saturated carbocycles. The molecule has 3 aliphatic carbocycles. The molecule has 1 saturated heterocycles. The van der Waals surface area contributed by atoms with Gasteiger partial charge in [0, 0.05) is 31.5 Å². The summed E-state index contributed by atoms with van der Waals surface area (Å²) in [4.78, 5) is 12.8. The third-order valence-electron chi connectivity index (χ3n) is 7.41. The molecule has 1 N–H and O–H groups in total. The Labute approximate surface area is 193 Å². The molecule has 0 radical (unpaired) electrons. The van der Waals surface area contributed by atoms with Crippen molar-refractivity contribution in [2.75, 3.05) is 19.6 Å². The summed E-state index contributed by atoms with van der Waals surface area (Å²) in [5, 5.41) is 2.85. The molecule has 1 fully saturated rings. The van der Waals surface area contributed by atoms with E-state index in [2.05, 4.69) is 53.8 Å². The zero-order valence-corrected chi connectivity index (χ0v) is 19.1. The zero-order chi connectivity index (χ0) is 22.6. The Kier molecular flexibility index (Phi) is 4.92. The van der Waals surface area contributed by atoms with Crippen LogP contribution in [0.4, 0.5) is 0 Å². The van der Waals surface area contributed by atoms with Crippen LogP contribution in [0.1, 0.15) is 63.9 Å². The second-order valence-corrected chi connectivity index (χ2v) is 11.1. The molecule has 4 aliphatic rings. The van der Waals surface area contributed by atoms with Gasteiger partial charge in [-0.05, 0) is 59.6 Å². The second kappa shape index (κ2) is 7.85. The number of benzene rings is 2. The van der Waals surface area contributed by atoms with Gasteiger partial charge in [0.1, 0.15) is 0 Å². The molecule has 2 aromatic carbocycles. The fourth-order valence-electron chi connectivity index (χ4n) is 5.91. The fourth-order valence-corrected chi connectivity index (χ4v) is 7.34. The first kappa shape index (κ1) is 20.7. The largest absolute Gasteiger partial charge is 0.438 e. The Hall–Kier alpha value is -2.90. The van der Waals surface area contributed by atoms with Crippen molar-refractivity contribution >= 4 is 15.9 Å². The molecule has 2 heterocycles. The molecule has 6 nitrogen and oxygen atoms in total. The van der Waals surface area contributed by atoms with Gasteiger partial charge in [0.2, 0.25) is 5.09 Å². The minimum Gasteiger partial charge on any atom is -0.438 e. The summed E-state index contributed by atoms with van der Waals surface area (Å²) in [6.45, 7) is 1.51. The van der Waals surface area contributed by atoms with Crippen LogP contribution < -0.4 is 5.32 Å². The summed E-state index contributed by atoms with van der Waals surface area (Å²) < 4.78 is 32.3. The van der Waals surface area contributed by atoms with Gasteiger partial charge >= 0.3 is 0 Å². The van der Waals surface area contributed by atoms with Gasteiger partial charge in [-0.1, -0.05) is 48.5 Å². The zero-order valence-electron chi connectivity index (χ0n) is 18.2. The van der Waals surface area contributed by atoms with Crippen LogP contribution in [0.3, 0.4) is 0 Å². The molecule has 3 aromatic rings. The minimum atomic E-state index is -3.67. The van der Waals surface area contributed by atoms with Gasteiger partial charge in [0.15, 0.2) is 5.76 Å². The lowest BCUT2D eigenvalue weighted by molar-refractivity contribution is 0.0909. The van der Waals surface area contributed by atoms with Crippen LogP contribution in [0.5, 0.6) is 0 Å². The summed E-state index contributed by atoms with van der Waals surface area (Å²) in [5.41, 5.74) is 5.49. The van der Waals surface area contributed by atoms with Crippen LogP contribution in [0, 0.1) is 5.92 Å². The second-order valence-electron chi connectivity index (χ2n) is 9.22. The number of carbonyl (C=O) groups is 1. The van der Waals surface area contributed by atoms with E-state index in [4.69, 9.17) is 4.42 Å². The first-order valence-electron chi connectivity index (χ1n) is 11.6. The number of hydrogen-bond acceptors (Lipinski definition) is 4. The smallest absolute Gasteiger partial charge is 0.287 e. The summed E-state index contributed by atoms with van der Waals surface area (Å²) in [5.74, 6) is 0.512. The van der Waals surface area contributed by atoms with Crippen molar-refractivity contribution in [1.82, 2.24) is 9.62 Å². The molecule has 7 heteroatoms. The van der Waals surface area contributed by atoms with E-state index in [0.29, 0.717) is 25.6 Å². The molecule has 1 atom stereocenters. The summed E-state index contributed by atoms with van der Waals surface area (Å²) in [6, 6.07) is 20.1. The van der Waals surface area contributed by atoms with Gasteiger partial charge in [0.25, 0.3) is 15.9 Å². The number of sulfonamides is 1. The van der Waals surface area contributed by atoms with Gasteiger partial charge in [-0.2, -0.15) is 4.31 Å². The third-order valence-corrected chi connectivity index (χ3v) is 9.18. The van der Waals surface area contributed by atoms with E-state index in [1.54, 1.807) is 0 Å². The standard InChI is InChI=1S/C26H26N2O4S/c29-26(23-11-12-24(32-23)33(30,31)28-13-5-6-14-28)27-16-17-15-22-18-7-1-3-9-20(18)25(17)21-10-4-2-8-19(21)22/h1-4,7-12,17,22,25H,5-6,13-16H2,(H,27,29). The van der Waals surface area contributed by atoms with E-state index in [-0.39, 0.29) is 28.6 Å². The Balaban J connectivity index is 1.20. The molecule has 1 aromatic heterocycles. The molecular formula is C26H26N2O4S. The number of amides is 1. The number of furan rings is 1. The summed E-state index contributed by atoms with van der Waals surface area (Å²) in [6.07, 6.45) is 2.68. The summed E-state index contributed by atoms with van der Waals surface area (Å²) >= 11 is 0. The maximum Gasteiger partial charge on any atom is 0.287 e. The summed E-state index contributed by atoms with van der Waals surface area (Å²) in [7, 11) is -3.67. The third kappa shape index (κ3) is 3.33. The van der Waals surface area contributed by atoms with Crippen molar-refractivity contribution in [3.63, 3.8) is 0 Å². The van der Waals surface area contributed by atoms with E-state index >= 15 is 0 Å². The van der Waals surface area contributed by atoms with Crippen molar-refractivity contribution in [3.05, 3.63) is 88.7 Å². The first-order chi connectivity index (χ1) is 16.0. The molecule has 2 bridgehead atoms. The number of fused-ring (bicyclic) bond motifs is 1. The van der Waals surface area contributed by atoms with E-state index in [9.17, 15) is 13.2 Å². The SMILES string of the molecule is O=C(NCC1CC2c3ccccc3C1c1ccccc12)c1ccc(S(=O)(=O)N2CCCC2)o1. The molecule has 33 heavy (non-hydrogen) atoms. The van der Waals surface area contributed by atoms with E-state index < -0.39 is 10.0 Å². The van der Waals surface area contributed by atoms with Gasteiger partial charge in [-0.3, -0.25) is 4.79 Å². The highest BCUT2D eigenvalue weighted by Gasteiger charge is 2.43. The first-order valence-corrected chi connectivity index (χ1v) is 13.0. The quantitative estimate of drug-likeness (QED) is 0.619. The number of nitrogens with zero attached hydrogens (tertiary/aromatic N) is 1. The van der Waals surface area contributed by atoms with Crippen molar-refractivity contribution in [3.8, 4) is 0 Å². The average Bonchev–Trinajstić information content (AvgIpc) is 3.56. The Bertz CT molecular complexity index is 1280. The number of hydrogen-bond donors (Lipinski definition) is 1. The van der Waals surface area contributed by atoms with Crippen molar-refractivity contribution < 1.29 is 17.6 Å². The van der Waals surface area contributed by atoms with Crippen LogP contribution in [-0.2, 0) is 10.0 Å². The van der Waals surface area contributed by atoms with E-state index in [1.165, 1.54) is 38.7 Å². The van der Waals surface area contributed by atoms with E-state index in [0.717, 1.165) is 19.3 Å².